The molecular weight excluding hydrogens is 765 g/mol. The molecule has 0 bridgehead atoms. The molecule has 8 heterocycles. The number of thiophene rings is 4. The second kappa shape index (κ2) is 14.6. The monoisotopic (exact) mass is 810 g/mol. The molecule has 4 aromatic rings. The van der Waals surface area contributed by atoms with E-state index in [0.29, 0.717) is 52.6 Å². The summed E-state index contributed by atoms with van der Waals surface area (Å²) in [6.45, 7) is 15.3. The van der Waals surface area contributed by atoms with Crippen molar-refractivity contribution in [3.8, 4) is 75.3 Å². The summed E-state index contributed by atoms with van der Waals surface area (Å²) in [5.41, 5.74) is -0.492. The molecule has 0 radical (unpaired) electrons. The van der Waals surface area contributed by atoms with Gasteiger partial charge in [0.15, 0.2) is 64.3 Å². The van der Waals surface area contributed by atoms with Gasteiger partial charge in [-0.05, 0) is 6.92 Å². The van der Waals surface area contributed by atoms with Crippen LogP contribution in [-0.4, -0.2) is 98.2 Å². The van der Waals surface area contributed by atoms with E-state index in [0.717, 1.165) is 46.1 Å². The van der Waals surface area contributed by atoms with Gasteiger partial charge in [-0.15, -0.1) is 45.3 Å². The van der Waals surface area contributed by atoms with Crippen molar-refractivity contribution in [2.75, 3.05) is 53.4 Å². The fourth-order valence-electron chi connectivity index (χ4n) is 6.28. The minimum atomic E-state index is -0.551. The van der Waals surface area contributed by atoms with Crippen molar-refractivity contribution in [3.63, 3.8) is 0 Å². The molecule has 0 saturated heterocycles. The molecule has 0 spiro atoms. The highest BCUT2D eigenvalue weighted by atomic mass is 32.1. The highest BCUT2D eigenvalue weighted by Gasteiger charge is 2.42. The number of ether oxygens (including phenoxy) is 8. The summed E-state index contributed by atoms with van der Waals surface area (Å²) in [4.78, 5) is 6.98. The van der Waals surface area contributed by atoms with E-state index >= 15 is 0 Å². The van der Waals surface area contributed by atoms with Crippen molar-refractivity contribution in [2.45, 2.75) is 83.7 Å². The highest BCUT2D eigenvalue weighted by Crippen LogP contribution is 2.66. The molecule has 12 nitrogen and oxygen atoms in total. The van der Waals surface area contributed by atoms with Crippen molar-refractivity contribution >= 4 is 45.3 Å². The SMILES string of the molecule is CC1COc2c(-c3sc(C(C)(C)C)c4c3OC(CO)CO4)sc(-c3sc(-c4sc(C(C)(C)C)c5c4OCC(CO)O5)c4c3OCC(CO)O4)c2O1.CO. The van der Waals surface area contributed by atoms with Gasteiger partial charge in [-0.1, -0.05) is 41.5 Å². The molecule has 4 N–H and O–H groups in total. The van der Waals surface area contributed by atoms with Crippen LogP contribution in [0.5, 0.6) is 46.0 Å². The highest BCUT2D eigenvalue weighted by molar-refractivity contribution is 7.29. The van der Waals surface area contributed by atoms with E-state index in [9.17, 15) is 15.3 Å². The van der Waals surface area contributed by atoms with Gasteiger partial charge in [-0.2, -0.15) is 0 Å². The first-order chi connectivity index (χ1) is 25.3. The topological polar surface area (TPSA) is 155 Å². The molecule has 4 aliphatic rings. The Morgan fingerprint density at radius 3 is 1.25 bits per heavy atom. The molecule has 53 heavy (non-hydrogen) atoms. The summed E-state index contributed by atoms with van der Waals surface area (Å²) in [6, 6.07) is 0. The van der Waals surface area contributed by atoms with Crippen LogP contribution in [0.3, 0.4) is 0 Å². The smallest absolute Gasteiger partial charge is 0.182 e. The average Bonchev–Trinajstić information content (AvgIpc) is 3.91. The quantitative estimate of drug-likeness (QED) is 0.164. The second-order valence-electron chi connectivity index (χ2n) is 15.1. The normalized spacial score (nSPS) is 21.6. The van der Waals surface area contributed by atoms with E-state index in [1.54, 1.807) is 22.7 Å². The van der Waals surface area contributed by atoms with Crippen LogP contribution in [0.4, 0.5) is 0 Å². The van der Waals surface area contributed by atoms with E-state index in [1.165, 1.54) is 22.7 Å². The summed E-state index contributed by atoms with van der Waals surface area (Å²) in [5.74, 6) is 4.86. The van der Waals surface area contributed by atoms with Gasteiger partial charge in [0.2, 0.25) is 0 Å². The minimum absolute atomic E-state index is 0.156. The lowest BCUT2D eigenvalue weighted by Gasteiger charge is -2.27. The van der Waals surface area contributed by atoms with Gasteiger partial charge in [-0.25, -0.2) is 0 Å². The van der Waals surface area contributed by atoms with Gasteiger partial charge < -0.3 is 58.3 Å². The first kappa shape index (κ1) is 38.3. The number of aliphatic hydroxyl groups excluding tert-OH is 4. The summed E-state index contributed by atoms with van der Waals surface area (Å²) in [5, 5.41) is 37.0. The standard InChI is InChI=1S/C36H42O11S4.CH4O/c1-15-11-40-19-22(44-15)30(49-28(19)32-24-25(33(51-32)35(2,3)4)43-14-17(9-38)46-24)27-20-23(45-16(8-37)12-41-20)31(48-27)29-21-26(34(50-29)36(5,6)7)47-18(10-39)13-42-21;1-2/h15-18,37-39H,8-14H2,1-7H3;2H,1H3. The van der Waals surface area contributed by atoms with Crippen LogP contribution in [0, 0.1) is 0 Å². The van der Waals surface area contributed by atoms with E-state index < -0.39 is 18.3 Å². The largest absolute Gasteiger partial charge is 0.485 e. The Bertz CT molecular complexity index is 1960. The summed E-state index contributed by atoms with van der Waals surface area (Å²) in [7, 11) is 1.00. The molecule has 4 atom stereocenters. The fraction of sp³-hybridized carbons (Fsp3) is 0.568. The molecule has 0 saturated carbocycles. The van der Waals surface area contributed by atoms with Crippen LogP contribution < -0.4 is 37.9 Å². The average molecular weight is 811 g/mol. The molecule has 4 aliphatic heterocycles. The van der Waals surface area contributed by atoms with Crippen LogP contribution >= 0.6 is 45.3 Å². The van der Waals surface area contributed by atoms with E-state index in [1.807, 2.05) is 6.92 Å². The predicted octanol–water partition coefficient (Wildman–Crippen LogP) is 6.69. The Morgan fingerprint density at radius 2 is 0.774 bits per heavy atom. The first-order valence-corrected chi connectivity index (χ1v) is 20.7. The molecule has 0 aliphatic carbocycles. The molecule has 0 fully saturated rings. The molecule has 8 rings (SSSR count). The Balaban J connectivity index is 0.00000214. The van der Waals surface area contributed by atoms with Gasteiger partial charge in [0.1, 0.15) is 32.5 Å². The zero-order chi connectivity index (χ0) is 38.0. The van der Waals surface area contributed by atoms with E-state index in [-0.39, 0.29) is 56.6 Å². The number of hydrogen-bond donors (Lipinski definition) is 4. The van der Waals surface area contributed by atoms with Crippen LogP contribution in [0.2, 0.25) is 0 Å². The number of rotatable bonds is 6. The van der Waals surface area contributed by atoms with E-state index in [4.69, 9.17) is 43.0 Å². The van der Waals surface area contributed by atoms with Crippen LogP contribution in [0.25, 0.3) is 29.3 Å². The lowest BCUT2D eigenvalue weighted by molar-refractivity contribution is 0.0448. The van der Waals surface area contributed by atoms with Crippen LogP contribution in [-0.2, 0) is 10.8 Å². The van der Waals surface area contributed by atoms with Crippen molar-refractivity contribution < 1.29 is 58.3 Å². The van der Waals surface area contributed by atoms with Gasteiger partial charge in [-0.3, -0.25) is 0 Å². The second-order valence-corrected chi connectivity index (χ2v) is 19.2. The lowest BCUT2D eigenvalue weighted by Crippen LogP contribution is -2.33. The van der Waals surface area contributed by atoms with E-state index in [2.05, 4.69) is 41.5 Å². The van der Waals surface area contributed by atoms with Gasteiger partial charge >= 0.3 is 0 Å². The minimum Gasteiger partial charge on any atom is -0.485 e. The summed E-state index contributed by atoms with van der Waals surface area (Å²) < 4.78 is 51.2. The zero-order valence-electron chi connectivity index (χ0n) is 30.9. The third kappa shape index (κ3) is 6.72. The molecule has 4 aromatic heterocycles. The Hall–Kier alpha value is -2.96. The van der Waals surface area contributed by atoms with Crippen molar-refractivity contribution in [1.29, 1.82) is 0 Å². The number of fused-ring (bicyclic) bond motifs is 4. The van der Waals surface area contributed by atoms with Crippen molar-refractivity contribution in [2.24, 2.45) is 0 Å². The van der Waals surface area contributed by atoms with Crippen molar-refractivity contribution in [3.05, 3.63) is 9.75 Å². The van der Waals surface area contributed by atoms with Gasteiger partial charge in [0, 0.05) is 17.9 Å². The first-order valence-electron chi connectivity index (χ1n) is 17.4. The Kier molecular flexibility index (Phi) is 10.6. The molecule has 0 amide bonds. The molecule has 4 unspecified atom stereocenters. The third-order valence-electron chi connectivity index (χ3n) is 8.76. The maximum Gasteiger partial charge on any atom is 0.182 e. The maximum atomic E-state index is 10.1. The summed E-state index contributed by atoms with van der Waals surface area (Å²) in [6.07, 6.45) is -1.71. The lowest BCUT2D eigenvalue weighted by atomic mass is 9.93. The fourth-order valence-corrected chi connectivity index (χ4v) is 11.5. The summed E-state index contributed by atoms with van der Waals surface area (Å²) >= 11 is 6.21. The van der Waals surface area contributed by atoms with Gasteiger partial charge in [0.25, 0.3) is 0 Å². The molecule has 290 valence electrons. The number of hydrogen-bond acceptors (Lipinski definition) is 16. The molecule has 16 heteroatoms. The maximum absolute atomic E-state index is 10.1. The predicted molar refractivity (Wildman–Crippen MR) is 206 cm³/mol. The van der Waals surface area contributed by atoms with Gasteiger partial charge in [0.05, 0.1) is 58.8 Å². The molecule has 0 aromatic carbocycles. The van der Waals surface area contributed by atoms with Crippen LogP contribution in [0.15, 0.2) is 0 Å². The number of aliphatic hydroxyl groups is 4. The zero-order valence-corrected chi connectivity index (χ0v) is 34.2. The van der Waals surface area contributed by atoms with Crippen molar-refractivity contribution in [1.82, 2.24) is 0 Å². The Labute approximate surface area is 324 Å². The Morgan fingerprint density at radius 1 is 0.453 bits per heavy atom. The third-order valence-corrected chi connectivity index (χ3v) is 14.7. The van der Waals surface area contributed by atoms with Crippen LogP contribution in [0.1, 0.15) is 58.2 Å². The molecular formula is C37H46O12S4.